The number of nitrogens with one attached hydrogen (secondary N) is 1. The predicted molar refractivity (Wildman–Crippen MR) is 102 cm³/mol. The zero-order valence-electron chi connectivity index (χ0n) is 15.6. The van der Waals surface area contributed by atoms with Crippen molar-refractivity contribution in [2.24, 2.45) is 5.92 Å². The van der Waals surface area contributed by atoms with Crippen LogP contribution >= 0.6 is 0 Å². The highest BCUT2D eigenvalue weighted by Crippen LogP contribution is 2.24. The summed E-state index contributed by atoms with van der Waals surface area (Å²) in [5.41, 5.74) is 0.514. The minimum Gasteiger partial charge on any atom is -0.349 e. The van der Waals surface area contributed by atoms with Crippen molar-refractivity contribution >= 4 is 15.9 Å². The van der Waals surface area contributed by atoms with Crippen LogP contribution in [0, 0.1) is 5.92 Å². The van der Waals surface area contributed by atoms with Crippen LogP contribution in [0.1, 0.15) is 43.0 Å². The van der Waals surface area contributed by atoms with Crippen molar-refractivity contribution in [3.63, 3.8) is 0 Å². The van der Waals surface area contributed by atoms with Gasteiger partial charge in [-0.3, -0.25) is 4.79 Å². The molecule has 0 bridgehead atoms. The summed E-state index contributed by atoms with van der Waals surface area (Å²) < 4.78 is 27.0. The molecule has 0 spiro atoms. The van der Waals surface area contributed by atoms with Crippen LogP contribution in [0.4, 0.5) is 0 Å². The van der Waals surface area contributed by atoms with Gasteiger partial charge in [-0.15, -0.1) is 0 Å². The third kappa shape index (κ3) is 4.27. The number of piperazine rings is 1. The van der Waals surface area contributed by atoms with E-state index in [1.165, 1.54) is 10.7 Å². The van der Waals surface area contributed by atoms with Crippen molar-refractivity contribution in [2.75, 3.05) is 33.2 Å². The van der Waals surface area contributed by atoms with Crippen LogP contribution in [0.3, 0.4) is 0 Å². The van der Waals surface area contributed by atoms with Gasteiger partial charge in [0.25, 0.3) is 5.91 Å². The first kappa shape index (κ1) is 19.3. The normalized spacial score (nSPS) is 25.8. The maximum Gasteiger partial charge on any atom is 0.251 e. The number of hydrogen-bond acceptors (Lipinski definition) is 4. The molecule has 1 saturated carbocycles. The number of benzene rings is 1. The molecule has 3 rings (SSSR count). The van der Waals surface area contributed by atoms with Crippen LogP contribution in [0.2, 0.25) is 0 Å². The first-order valence-corrected chi connectivity index (χ1v) is 10.9. The van der Waals surface area contributed by atoms with Gasteiger partial charge in [0.1, 0.15) is 0 Å². The van der Waals surface area contributed by atoms with Crippen LogP contribution in [0.15, 0.2) is 29.2 Å². The first-order valence-electron chi connectivity index (χ1n) is 9.47. The third-order valence-electron chi connectivity index (χ3n) is 5.64. The van der Waals surface area contributed by atoms with Crippen molar-refractivity contribution in [1.82, 2.24) is 14.5 Å². The molecule has 2 fully saturated rings. The van der Waals surface area contributed by atoms with Gasteiger partial charge in [-0.05, 0) is 50.1 Å². The molecule has 1 aromatic carbocycles. The zero-order chi connectivity index (χ0) is 18.7. The monoisotopic (exact) mass is 379 g/mol. The Morgan fingerprint density at radius 1 is 1.04 bits per heavy atom. The summed E-state index contributed by atoms with van der Waals surface area (Å²) in [6.45, 7) is 4.65. The topological polar surface area (TPSA) is 69.7 Å². The van der Waals surface area contributed by atoms with Gasteiger partial charge in [-0.1, -0.05) is 19.8 Å². The van der Waals surface area contributed by atoms with Crippen molar-refractivity contribution in [3.05, 3.63) is 29.8 Å². The van der Waals surface area contributed by atoms with Crippen molar-refractivity contribution in [1.29, 1.82) is 0 Å². The Hall–Kier alpha value is -1.44. The van der Waals surface area contributed by atoms with E-state index in [1.807, 2.05) is 7.05 Å². The summed E-state index contributed by atoms with van der Waals surface area (Å²) in [6, 6.07) is 6.54. The maximum atomic E-state index is 12.7. The van der Waals surface area contributed by atoms with E-state index in [4.69, 9.17) is 0 Å². The van der Waals surface area contributed by atoms with E-state index in [-0.39, 0.29) is 16.8 Å². The molecule has 6 nitrogen and oxygen atoms in total. The van der Waals surface area contributed by atoms with Gasteiger partial charge in [0, 0.05) is 37.8 Å². The first-order chi connectivity index (χ1) is 12.4. The number of sulfonamides is 1. The molecule has 2 atom stereocenters. The summed E-state index contributed by atoms with van der Waals surface area (Å²) in [7, 11) is -1.50. The molecule has 1 amide bonds. The summed E-state index contributed by atoms with van der Waals surface area (Å²) in [5.74, 6) is 0.372. The number of amides is 1. The van der Waals surface area contributed by atoms with Crippen LogP contribution in [-0.4, -0.2) is 62.8 Å². The predicted octanol–water partition coefficient (Wildman–Crippen LogP) is 1.93. The average molecular weight is 380 g/mol. The van der Waals surface area contributed by atoms with Gasteiger partial charge in [0.05, 0.1) is 4.90 Å². The highest BCUT2D eigenvalue weighted by molar-refractivity contribution is 7.89. The molecule has 26 heavy (non-hydrogen) atoms. The molecule has 7 heteroatoms. The van der Waals surface area contributed by atoms with E-state index in [2.05, 4.69) is 17.1 Å². The lowest BCUT2D eigenvalue weighted by molar-refractivity contribution is 0.0910. The van der Waals surface area contributed by atoms with E-state index in [0.29, 0.717) is 24.6 Å². The van der Waals surface area contributed by atoms with E-state index in [9.17, 15) is 13.2 Å². The second kappa shape index (κ2) is 8.06. The Kier molecular flexibility index (Phi) is 5.99. The Morgan fingerprint density at radius 2 is 1.65 bits per heavy atom. The van der Waals surface area contributed by atoms with Crippen LogP contribution in [0.5, 0.6) is 0 Å². The van der Waals surface area contributed by atoms with E-state index >= 15 is 0 Å². The van der Waals surface area contributed by atoms with Gasteiger partial charge < -0.3 is 10.2 Å². The highest BCUT2D eigenvalue weighted by Gasteiger charge is 2.28. The molecule has 0 unspecified atom stereocenters. The summed E-state index contributed by atoms with van der Waals surface area (Å²) in [6.07, 6.45) is 4.54. The summed E-state index contributed by atoms with van der Waals surface area (Å²) in [5, 5.41) is 3.11. The number of likely N-dealkylation sites (N-methyl/N-ethyl adjacent to an activating group) is 1. The number of nitrogens with zero attached hydrogens (tertiary/aromatic N) is 2. The molecule has 1 aromatic rings. The molecule has 0 radical (unpaired) electrons. The Balaban J connectivity index is 1.66. The second-order valence-corrected chi connectivity index (χ2v) is 9.51. The highest BCUT2D eigenvalue weighted by atomic mass is 32.2. The van der Waals surface area contributed by atoms with Crippen LogP contribution < -0.4 is 5.32 Å². The van der Waals surface area contributed by atoms with Crippen molar-refractivity contribution in [3.8, 4) is 0 Å². The SMILES string of the molecule is C[C@H]1CCCC[C@@H]1NC(=O)c1ccc(S(=O)(=O)N2CCN(C)CC2)cc1. The molecule has 1 N–H and O–H groups in total. The van der Waals surface area contributed by atoms with Gasteiger partial charge in [0.15, 0.2) is 0 Å². The minimum atomic E-state index is -3.49. The molecule has 1 aliphatic heterocycles. The van der Waals surface area contributed by atoms with Crippen molar-refractivity contribution in [2.45, 2.75) is 43.5 Å². The zero-order valence-corrected chi connectivity index (χ0v) is 16.5. The van der Waals surface area contributed by atoms with Crippen LogP contribution in [0.25, 0.3) is 0 Å². The quantitative estimate of drug-likeness (QED) is 0.868. The molecule has 2 aliphatic rings. The Morgan fingerprint density at radius 3 is 2.27 bits per heavy atom. The van der Waals surface area contributed by atoms with Gasteiger partial charge in [0.2, 0.25) is 10.0 Å². The lowest BCUT2D eigenvalue weighted by atomic mass is 9.86. The molecule has 144 valence electrons. The van der Waals surface area contributed by atoms with E-state index in [0.717, 1.165) is 32.4 Å². The van der Waals surface area contributed by atoms with Gasteiger partial charge in [-0.25, -0.2) is 8.42 Å². The summed E-state index contributed by atoms with van der Waals surface area (Å²) in [4.78, 5) is 14.9. The third-order valence-corrected chi connectivity index (χ3v) is 7.56. The van der Waals surface area contributed by atoms with Crippen LogP contribution in [-0.2, 0) is 10.0 Å². The average Bonchev–Trinajstić information content (AvgIpc) is 2.64. The molecule has 1 heterocycles. The second-order valence-electron chi connectivity index (χ2n) is 7.57. The smallest absolute Gasteiger partial charge is 0.251 e. The molecule has 0 aromatic heterocycles. The fourth-order valence-electron chi connectivity index (χ4n) is 3.74. The number of carbonyl (C=O) groups excluding carboxylic acids is 1. The maximum absolute atomic E-state index is 12.7. The molecular formula is C19H29N3O3S. The molecule has 1 saturated heterocycles. The minimum absolute atomic E-state index is 0.118. The molecule has 1 aliphatic carbocycles. The number of carbonyl (C=O) groups is 1. The fraction of sp³-hybridized carbons (Fsp3) is 0.632. The summed E-state index contributed by atoms with van der Waals surface area (Å²) >= 11 is 0. The lowest BCUT2D eigenvalue weighted by Crippen LogP contribution is -2.47. The van der Waals surface area contributed by atoms with E-state index in [1.54, 1.807) is 24.3 Å². The fourth-order valence-corrected chi connectivity index (χ4v) is 5.16. The number of hydrogen-bond donors (Lipinski definition) is 1. The van der Waals surface area contributed by atoms with Gasteiger partial charge in [-0.2, -0.15) is 4.31 Å². The van der Waals surface area contributed by atoms with Gasteiger partial charge >= 0.3 is 0 Å². The number of rotatable bonds is 4. The lowest BCUT2D eigenvalue weighted by Gasteiger charge is -2.31. The largest absolute Gasteiger partial charge is 0.349 e. The van der Waals surface area contributed by atoms with E-state index < -0.39 is 10.0 Å². The molecular weight excluding hydrogens is 350 g/mol. The standard InChI is InChI=1S/C19H29N3O3S/c1-15-5-3-4-6-18(15)20-19(23)16-7-9-17(10-8-16)26(24,25)22-13-11-21(2)12-14-22/h7-10,15,18H,3-6,11-14H2,1-2H3,(H,20,23)/t15-,18-/m0/s1. The Labute approximate surface area is 156 Å². The van der Waals surface area contributed by atoms with Crippen molar-refractivity contribution < 1.29 is 13.2 Å². The Bertz CT molecular complexity index is 725.